The molecule has 0 N–H and O–H groups in total. The molecule has 0 bridgehead atoms. The van der Waals surface area contributed by atoms with Crippen molar-refractivity contribution in [2.45, 2.75) is 0 Å². The predicted octanol–water partition coefficient (Wildman–Crippen LogP) is 3.22. The smallest absolute Gasteiger partial charge is 0.281 e. The van der Waals surface area contributed by atoms with Crippen LogP contribution in [0.5, 0.6) is 0 Å². The Morgan fingerprint density at radius 3 is 2.38 bits per heavy atom. The third-order valence-electron chi connectivity index (χ3n) is 1.57. The second kappa shape index (κ2) is 4.60. The Morgan fingerprint density at radius 2 is 1.85 bits per heavy atom. The van der Waals surface area contributed by atoms with Crippen molar-refractivity contribution in [3.05, 3.63) is 54.0 Å². The van der Waals surface area contributed by atoms with Gasteiger partial charge in [-0.15, -0.1) is 0 Å². The quantitative estimate of drug-likeness (QED) is 0.492. The maximum atomic E-state index is 12.0. The van der Waals surface area contributed by atoms with Crippen LogP contribution in [0.2, 0.25) is 0 Å². The normalized spacial score (nSPS) is 10.3. The highest BCUT2D eigenvalue weighted by atomic mass is 19.2. The van der Waals surface area contributed by atoms with Gasteiger partial charge in [0, 0.05) is 0 Å². The fraction of sp³-hybridized carbons (Fsp3) is 0. The van der Waals surface area contributed by atoms with Crippen molar-refractivity contribution in [3.63, 3.8) is 0 Å². The van der Waals surface area contributed by atoms with Crippen LogP contribution < -0.4 is 0 Å². The van der Waals surface area contributed by atoms with E-state index in [0.29, 0.717) is 0 Å². The number of allylic oxidation sites excluding steroid dienone is 2. The summed E-state index contributed by atoms with van der Waals surface area (Å²) < 4.78 is 24.0. The van der Waals surface area contributed by atoms with Gasteiger partial charge in [-0.05, 0) is 11.0 Å². The average molecular weight is 178 g/mol. The number of hydrogen-bond donors (Lipinski definition) is 0. The molecule has 3 heteroatoms. The van der Waals surface area contributed by atoms with Crippen LogP contribution in [0, 0.1) is 0 Å². The maximum absolute atomic E-state index is 12.0. The Bertz CT molecular complexity index is 304. The van der Waals surface area contributed by atoms with Gasteiger partial charge in [-0.1, -0.05) is 49.1 Å². The highest BCUT2D eigenvalue weighted by Crippen LogP contribution is 2.07. The summed E-state index contributed by atoms with van der Waals surface area (Å²) >= 11 is 0. The molecule has 0 aliphatic carbocycles. The summed E-state index contributed by atoms with van der Waals surface area (Å²) in [7, 11) is -2.47. The Balaban J connectivity index is 2.64. The number of halogens is 2. The SMILES string of the molecule is C=C(/C=C/c1ccccc1)B(F)F. The molecule has 0 saturated carbocycles. The lowest BCUT2D eigenvalue weighted by Crippen LogP contribution is -1.97. The summed E-state index contributed by atoms with van der Waals surface area (Å²) in [5, 5.41) is 0. The van der Waals surface area contributed by atoms with Crippen molar-refractivity contribution in [2.75, 3.05) is 0 Å². The van der Waals surface area contributed by atoms with Crippen LogP contribution >= 0.6 is 0 Å². The zero-order valence-corrected chi connectivity index (χ0v) is 7.08. The molecule has 1 rings (SSSR count). The Hall–Kier alpha value is -1.38. The van der Waals surface area contributed by atoms with E-state index in [0.717, 1.165) is 5.56 Å². The van der Waals surface area contributed by atoms with Gasteiger partial charge in [-0.2, -0.15) is 0 Å². The lowest BCUT2D eigenvalue weighted by Gasteiger charge is -1.92. The van der Waals surface area contributed by atoms with E-state index >= 15 is 0 Å². The van der Waals surface area contributed by atoms with Gasteiger partial charge in [-0.3, -0.25) is 8.63 Å². The Morgan fingerprint density at radius 1 is 1.23 bits per heavy atom. The first-order valence-electron chi connectivity index (χ1n) is 3.90. The van der Waals surface area contributed by atoms with Gasteiger partial charge < -0.3 is 0 Å². The lowest BCUT2D eigenvalue weighted by molar-refractivity contribution is 0.678. The fourth-order valence-electron chi connectivity index (χ4n) is 0.840. The molecular formula is C10H9BF2. The number of hydrogen-bond acceptors (Lipinski definition) is 0. The van der Waals surface area contributed by atoms with Crippen LogP contribution in [-0.4, -0.2) is 7.27 Å². The standard InChI is InChI=1S/C10H9BF2/c1-9(11(12)13)7-8-10-5-3-2-4-6-10/h2-8H,1H2/b8-7+. The third-order valence-corrected chi connectivity index (χ3v) is 1.57. The zero-order chi connectivity index (χ0) is 9.68. The van der Waals surface area contributed by atoms with E-state index in [-0.39, 0.29) is 5.47 Å². The van der Waals surface area contributed by atoms with Crippen LogP contribution in [-0.2, 0) is 0 Å². The minimum Gasteiger partial charge on any atom is -0.281 e. The third kappa shape index (κ3) is 3.24. The first-order valence-corrected chi connectivity index (χ1v) is 3.90. The molecule has 0 heterocycles. The van der Waals surface area contributed by atoms with Gasteiger partial charge in [0.05, 0.1) is 0 Å². The molecule has 0 nitrogen and oxygen atoms in total. The molecule has 13 heavy (non-hydrogen) atoms. The monoisotopic (exact) mass is 178 g/mol. The molecular weight excluding hydrogens is 169 g/mol. The maximum Gasteiger partial charge on any atom is 0.571 e. The molecule has 0 aliphatic heterocycles. The number of rotatable bonds is 3. The van der Waals surface area contributed by atoms with Gasteiger partial charge in [0.25, 0.3) is 0 Å². The molecule has 66 valence electrons. The van der Waals surface area contributed by atoms with E-state index in [1.807, 2.05) is 30.3 Å². The largest absolute Gasteiger partial charge is 0.571 e. The Labute approximate surface area is 76.8 Å². The minimum absolute atomic E-state index is 0.163. The van der Waals surface area contributed by atoms with Gasteiger partial charge in [0.15, 0.2) is 0 Å². The molecule has 0 aliphatic rings. The van der Waals surface area contributed by atoms with E-state index in [4.69, 9.17) is 0 Å². The van der Waals surface area contributed by atoms with Gasteiger partial charge in [-0.25, -0.2) is 0 Å². The second-order valence-corrected chi connectivity index (χ2v) is 2.62. The number of benzene rings is 1. The van der Waals surface area contributed by atoms with E-state index in [2.05, 4.69) is 6.58 Å². The first-order chi connectivity index (χ1) is 6.20. The van der Waals surface area contributed by atoms with Gasteiger partial charge in [0.2, 0.25) is 0 Å². The molecule has 0 fully saturated rings. The molecule has 0 aromatic heterocycles. The summed E-state index contributed by atoms with van der Waals surface area (Å²) in [6.45, 7) is 3.23. The molecule has 0 unspecified atom stereocenters. The van der Waals surface area contributed by atoms with Crippen molar-refractivity contribution in [2.24, 2.45) is 0 Å². The van der Waals surface area contributed by atoms with Crippen molar-refractivity contribution in [1.82, 2.24) is 0 Å². The van der Waals surface area contributed by atoms with Crippen LogP contribution in [0.15, 0.2) is 48.5 Å². The van der Waals surface area contributed by atoms with Gasteiger partial charge in [0.1, 0.15) is 0 Å². The summed E-state index contributed by atoms with van der Waals surface area (Å²) in [6.07, 6.45) is 2.95. The van der Waals surface area contributed by atoms with Crippen LogP contribution in [0.4, 0.5) is 8.63 Å². The zero-order valence-electron chi connectivity index (χ0n) is 7.08. The summed E-state index contributed by atoms with van der Waals surface area (Å²) in [5.74, 6) is 0. The van der Waals surface area contributed by atoms with E-state index in [1.165, 1.54) is 6.08 Å². The molecule has 1 aromatic rings. The van der Waals surface area contributed by atoms with Crippen LogP contribution in [0.1, 0.15) is 5.56 Å². The average Bonchev–Trinajstić information content (AvgIpc) is 2.15. The van der Waals surface area contributed by atoms with Crippen molar-refractivity contribution in [3.8, 4) is 0 Å². The van der Waals surface area contributed by atoms with Crippen molar-refractivity contribution < 1.29 is 8.63 Å². The summed E-state index contributed by atoms with van der Waals surface area (Å²) in [5.41, 5.74) is 0.730. The van der Waals surface area contributed by atoms with Gasteiger partial charge >= 0.3 is 7.27 Å². The molecule has 0 radical (unpaired) electrons. The first kappa shape index (κ1) is 9.71. The van der Waals surface area contributed by atoms with E-state index < -0.39 is 7.27 Å². The highest BCUT2D eigenvalue weighted by Gasteiger charge is 2.13. The molecule has 0 atom stereocenters. The topological polar surface area (TPSA) is 0 Å². The lowest BCUT2D eigenvalue weighted by atomic mass is 9.86. The van der Waals surface area contributed by atoms with Crippen LogP contribution in [0.3, 0.4) is 0 Å². The summed E-state index contributed by atoms with van der Waals surface area (Å²) in [4.78, 5) is 0. The van der Waals surface area contributed by atoms with E-state index in [9.17, 15) is 8.63 Å². The Kier molecular flexibility index (Phi) is 3.44. The molecule has 0 saturated heterocycles. The second-order valence-electron chi connectivity index (χ2n) is 2.62. The van der Waals surface area contributed by atoms with Crippen molar-refractivity contribution in [1.29, 1.82) is 0 Å². The van der Waals surface area contributed by atoms with Crippen molar-refractivity contribution >= 4 is 13.3 Å². The molecule has 0 spiro atoms. The van der Waals surface area contributed by atoms with Crippen LogP contribution in [0.25, 0.3) is 6.08 Å². The van der Waals surface area contributed by atoms with E-state index in [1.54, 1.807) is 6.08 Å². The fourth-order valence-corrected chi connectivity index (χ4v) is 0.840. The summed E-state index contributed by atoms with van der Waals surface area (Å²) in [6, 6.07) is 9.26. The molecule has 0 amide bonds. The highest BCUT2D eigenvalue weighted by molar-refractivity contribution is 6.53. The molecule has 1 aromatic carbocycles. The minimum atomic E-state index is -2.47. The predicted molar refractivity (Wildman–Crippen MR) is 52.6 cm³/mol.